The molecule has 0 aliphatic rings. The largest absolute Gasteiger partial charge is 0.493 e. The second-order valence-electron chi connectivity index (χ2n) is 5.79. The fourth-order valence-corrected chi connectivity index (χ4v) is 2.54. The van der Waals surface area contributed by atoms with Gasteiger partial charge in [0.15, 0.2) is 16.6 Å². The normalized spacial score (nSPS) is 10.1. The Morgan fingerprint density at radius 3 is 2.62 bits per heavy atom. The highest BCUT2D eigenvalue weighted by Gasteiger charge is 2.10. The van der Waals surface area contributed by atoms with Crippen LogP contribution in [0.2, 0.25) is 0 Å². The number of thiocarbonyl (C=S) groups is 1. The Bertz CT molecular complexity index is 777. The standard InChI is InChI=1S/C20H24N2O3S/c1-4-11-25-17-10-9-15(12-18(17)24-3)13-21-20(26)22-19(23)16-8-6-5-7-14(16)2/h5-10,12H,4,11,13H2,1-3H3,(H2,21,22,23,26). The first-order valence-electron chi connectivity index (χ1n) is 8.49. The highest BCUT2D eigenvalue weighted by atomic mass is 32.1. The van der Waals surface area contributed by atoms with E-state index < -0.39 is 0 Å². The lowest BCUT2D eigenvalue weighted by Gasteiger charge is -2.13. The molecule has 0 spiro atoms. The maximum Gasteiger partial charge on any atom is 0.257 e. The van der Waals surface area contributed by atoms with Gasteiger partial charge in [-0.2, -0.15) is 0 Å². The number of hydrogen-bond donors (Lipinski definition) is 2. The summed E-state index contributed by atoms with van der Waals surface area (Å²) in [7, 11) is 1.61. The predicted octanol–water partition coefficient (Wildman–Crippen LogP) is 3.60. The minimum atomic E-state index is -0.221. The molecular formula is C20H24N2O3S. The quantitative estimate of drug-likeness (QED) is 0.728. The Balaban J connectivity index is 1.92. The number of aryl methyl sites for hydroxylation is 1. The van der Waals surface area contributed by atoms with E-state index in [-0.39, 0.29) is 11.0 Å². The molecule has 0 radical (unpaired) electrons. The van der Waals surface area contributed by atoms with Crippen LogP contribution in [0.3, 0.4) is 0 Å². The molecule has 0 unspecified atom stereocenters. The van der Waals surface area contributed by atoms with Gasteiger partial charge in [-0.25, -0.2) is 0 Å². The van der Waals surface area contributed by atoms with E-state index in [0.29, 0.717) is 30.2 Å². The van der Waals surface area contributed by atoms with Gasteiger partial charge in [0.05, 0.1) is 13.7 Å². The summed E-state index contributed by atoms with van der Waals surface area (Å²) >= 11 is 5.22. The zero-order chi connectivity index (χ0) is 18.9. The van der Waals surface area contributed by atoms with Crippen molar-refractivity contribution in [2.45, 2.75) is 26.8 Å². The molecule has 0 aromatic heterocycles. The molecule has 2 N–H and O–H groups in total. The molecule has 26 heavy (non-hydrogen) atoms. The number of carbonyl (C=O) groups excluding carboxylic acids is 1. The first-order valence-corrected chi connectivity index (χ1v) is 8.90. The van der Waals surface area contributed by atoms with Crippen molar-refractivity contribution < 1.29 is 14.3 Å². The second kappa shape index (κ2) is 9.77. The number of carbonyl (C=O) groups is 1. The molecule has 2 rings (SSSR count). The van der Waals surface area contributed by atoms with Crippen LogP contribution in [-0.4, -0.2) is 24.7 Å². The third-order valence-electron chi connectivity index (χ3n) is 3.76. The molecule has 0 saturated heterocycles. The van der Waals surface area contributed by atoms with Crippen molar-refractivity contribution in [2.75, 3.05) is 13.7 Å². The molecule has 0 atom stereocenters. The SMILES string of the molecule is CCCOc1ccc(CNC(=S)NC(=O)c2ccccc2C)cc1OC. The molecular weight excluding hydrogens is 348 g/mol. The number of benzene rings is 2. The summed E-state index contributed by atoms with van der Waals surface area (Å²) in [6.45, 7) is 5.05. The summed E-state index contributed by atoms with van der Waals surface area (Å²) in [6, 6.07) is 13.1. The molecule has 0 aliphatic heterocycles. The molecule has 0 saturated carbocycles. The van der Waals surface area contributed by atoms with E-state index in [4.69, 9.17) is 21.7 Å². The van der Waals surface area contributed by atoms with Crippen LogP contribution in [0.1, 0.15) is 34.8 Å². The van der Waals surface area contributed by atoms with Crippen LogP contribution in [0, 0.1) is 6.92 Å². The van der Waals surface area contributed by atoms with Gasteiger partial charge >= 0.3 is 0 Å². The molecule has 0 fully saturated rings. The van der Waals surface area contributed by atoms with Crippen LogP contribution in [0.25, 0.3) is 0 Å². The van der Waals surface area contributed by atoms with E-state index in [0.717, 1.165) is 17.5 Å². The molecule has 2 aromatic carbocycles. The van der Waals surface area contributed by atoms with Crippen molar-refractivity contribution in [3.05, 3.63) is 59.2 Å². The summed E-state index contributed by atoms with van der Waals surface area (Å²) < 4.78 is 11.0. The Kier molecular flexibility index (Phi) is 7.41. The van der Waals surface area contributed by atoms with E-state index in [1.807, 2.05) is 43.3 Å². The summed E-state index contributed by atoms with van der Waals surface area (Å²) in [5, 5.41) is 6.02. The minimum absolute atomic E-state index is 0.221. The predicted molar refractivity (Wildman–Crippen MR) is 107 cm³/mol. The average molecular weight is 372 g/mol. The zero-order valence-electron chi connectivity index (χ0n) is 15.3. The number of ether oxygens (including phenoxy) is 2. The third kappa shape index (κ3) is 5.46. The van der Waals surface area contributed by atoms with E-state index in [1.54, 1.807) is 13.2 Å². The van der Waals surface area contributed by atoms with Crippen LogP contribution in [0.15, 0.2) is 42.5 Å². The lowest BCUT2D eigenvalue weighted by Crippen LogP contribution is -2.39. The lowest BCUT2D eigenvalue weighted by molar-refractivity contribution is 0.0976. The van der Waals surface area contributed by atoms with Crippen LogP contribution in [-0.2, 0) is 6.54 Å². The summed E-state index contributed by atoms with van der Waals surface area (Å²) in [5.41, 5.74) is 2.48. The Morgan fingerprint density at radius 1 is 1.15 bits per heavy atom. The van der Waals surface area contributed by atoms with Crippen molar-refractivity contribution in [3.8, 4) is 11.5 Å². The van der Waals surface area contributed by atoms with Gasteiger partial charge in [-0.15, -0.1) is 0 Å². The fraction of sp³-hybridized carbons (Fsp3) is 0.300. The van der Waals surface area contributed by atoms with E-state index >= 15 is 0 Å². The van der Waals surface area contributed by atoms with Gasteiger partial charge in [0.2, 0.25) is 0 Å². The van der Waals surface area contributed by atoms with E-state index in [2.05, 4.69) is 17.6 Å². The summed E-state index contributed by atoms with van der Waals surface area (Å²) in [4.78, 5) is 12.3. The Labute approximate surface area is 159 Å². The number of rotatable bonds is 7. The third-order valence-corrected chi connectivity index (χ3v) is 4.01. The van der Waals surface area contributed by atoms with Crippen LogP contribution < -0.4 is 20.1 Å². The minimum Gasteiger partial charge on any atom is -0.493 e. The smallest absolute Gasteiger partial charge is 0.257 e. The average Bonchev–Trinajstić information content (AvgIpc) is 2.65. The molecule has 0 aliphatic carbocycles. The Morgan fingerprint density at radius 2 is 1.92 bits per heavy atom. The van der Waals surface area contributed by atoms with Gasteiger partial charge in [0.25, 0.3) is 5.91 Å². The maximum absolute atomic E-state index is 12.3. The van der Waals surface area contributed by atoms with Gasteiger partial charge in [-0.3, -0.25) is 10.1 Å². The molecule has 0 heterocycles. The molecule has 5 nitrogen and oxygen atoms in total. The summed E-state index contributed by atoms with van der Waals surface area (Å²) in [5.74, 6) is 1.17. The van der Waals surface area contributed by atoms with Crippen LogP contribution in [0.4, 0.5) is 0 Å². The maximum atomic E-state index is 12.3. The monoisotopic (exact) mass is 372 g/mol. The highest BCUT2D eigenvalue weighted by molar-refractivity contribution is 7.80. The number of methoxy groups -OCH3 is 1. The van der Waals surface area contributed by atoms with Crippen LogP contribution in [0.5, 0.6) is 11.5 Å². The first-order chi connectivity index (χ1) is 12.5. The van der Waals surface area contributed by atoms with Gasteiger partial charge < -0.3 is 14.8 Å². The number of nitrogens with one attached hydrogen (secondary N) is 2. The highest BCUT2D eigenvalue weighted by Crippen LogP contribution is 2.28. The number of hydrogen-bond acceptors (Lipinski definition) is 4. The second-order valence-corrected chi connectivity index (χ2v) is 6.19. The van der Waals surface area contributed by atoms with Gasteiger partial charge in [-0.1, -0.05) is 31.2 Å². The van der Waals surface area contributed by atoms with Gasteiger partial charge in [0, 0.05) is 12.1 Å². The lowest BCUT2D eigenvalue weighted by atomic mass is 10.1. The van der Waals surface area contributed by atoms with E-state index in [1.165, 1.54) is 0 Å². The fourth-order valence-electron chi connectivity index (χ4n) is 2.38. The van der Waals surface area contributed by atoms with Gasteiger partial charge in [-0.05, 0) is 54.9 Å². The topological polar surface area (TPSA) is 59.6 Å². The zero-order valence-corrected chi connectivity index (χ0v) is 16.1. The molecule has 2 aromatic rings. The Hall–Kier alpha value is -2.60. The van der Waals surface area contributed by atoms with Crippen molar-refractivity contribution >= 4 is 23.2 Å². The van der Waals surface area contributed by atoms with Crippen LogP contribution >= 0.6 is 12.2 Å². The molecule has 0 bridgehead atoms. The molecule has 6 heteroatoms. The molecule has 1 amide bonds. The van der Waals surface area contributed by atoms with Gasteiger partial charge in [0.1, 0.15) is 0 Å². The van der Waals surface area contributed by atoms with Crippen molar-refractivity contribution in [1.29, 1.82) is 0 Å². The molecule has 138 valence electrons. The first kappa shape index (κ1) is 19.7. The van der Waals surface area contributed by atoms with Crippen molar-refractivity contribution in [2.24, 2.45) is 0 Å². The van der Waals surface area contributed by atoms with E-state index in [9.17, 15) is 4.79 Å². The summed E-state index contributed by atoms with van der Waals surface area (Å²) in [6.07, 6.45) is 0.932. The number of amides is 1. The van der Waals surface area contributed by atoms with Crippen molar-refractivity contribution in [1.82, 2.24) is 10.6 Å². The van der Waals surface area contributed by atoms with Crippen molar-refractivity contribution in [3.63, 3.8) is 0 Å².